The number of hydrogen-bond donors (Lipinski definition) is 3. The van der Waals surface area contributed by atoms with Gasteiger partial charge in [-0.1, -0.05) is 0 Å². The van der Waals surface area contributed by atoms with Gasteiger partial charge in [0.2, 0.25) is 5.91 Å². The van der Waals surface area contributed by atoms with E-state index in [-0.39, 0.29) is 25.6 Å². The number of carbonyl (C=O) groups is 1. The standard InChI is InChI=1S/C8H18N2O3/c1-8(13,6-11)5-9-4-7(12)10(2)3/h9,11,13H,4-6H2,1-3H3. The molecule has 0 saturated heterocycles. The van der Waals surface area contributed by atoms with E-state index in [9.17, 15) is 9.90 Å². The third kappa shape index (κ3) is 5.57. The highest BCUT2D eigenvalue weighted by Crippen LogP contribution is 1.97. The molecule has 0 heterocycles. The van der Waals surface area contributed by atoms with Gasteiger partial charge in [-0.15, -0.1) is 0 Å². The number of nitrogens with one attached hydrogen (secondary N) is 1. The Morgan fingerprint density at radius 3 is 2.46 bits per heavy atom. The molecule has 0 bridgehead atoms. The first-order valence-corrected chi connectivity index (χ1v) is 4.13. The molecule has 0 aliphatic heterocycles. The molecule has 0 saturated carbocycles. The summed E-state index contributed by atoms with van der Waals surface area (Å²) in [6.45, 7) is 1.54. The summed E-state index contributed by atoms with van der Waals surface area (Å²) >= 11 is 0. The summed E-state index contributed by atoms with van der Waals surface area (Å²) in [6, 6.07) is 0. The van der Waals surface area contributed by atoms with Crippen LogP contribution in [0.1, 0.15) is 6.92 Å². The van der Waals surface area contributed by atoms with Crippen molar-refractivity contribution in [3.63, 3.8) is 0 Å². The van der Waals surface area contributed by atoms with E-state index in [1.165, 1.54) is 11.8 Å². The third-order valence-electron chi connectivity index (χ3n) is 1.62. The lowest BCUT2D eigenvalue weighted by Crippen LogP contribution is -2.44. The number of aliphatic hydroxyl groups is 2. The SMILES string of the molecule is CN(C)C(=O)CNCC(C)(O)CO. The number of hydrogen-bond acceptors (Lipinski definition) is 4. The van der Waals surface area contributed by atoms with Crippen LogP contribution < -0.4 is 5.32 Å². The van der Waals surface area contributed by atoms with Crippen LogP contribution in [0.5, 0.6) is 0 Å². The lowest BCUT2D eigenvalue weighted by atomic mass is 10.1. The highest BCUT2D eigenvalue weighted by atomic mass is 16.3. The van der Waals surface area contributed by atoms with Crippen molar-refractivity contribution in [1.29, 1.82) is 0 Å². The van der Waals surface area contributed by atoms with Crippen molar-refractivity contribution in [1.82, 2.24) is 10.2 Å². The van der Waals surface area contributed by atoms with Crippen molar-refractivity contribution in [3.05, 3.63) is 0 Å². The molecule has 1 amide bonds. The Labute approximate surface area is 78.4 Å². The van der Waals surface area contributed by atoms with E-state index in [0.29, 0.717) is 0 Å². The number of likely N-dealkylation sites (N-methyl/N-ethyl adjacent to an activating group) is 1. The Bertz CT molecular complexity index is 169. The molecule has 0 fully saturated rings. The molecule has 0 aromatic heterocycles. The molecule has 0 rings (SSSR count). The maximum Gasteiger partial charge on any atom is 0.236 e. The fraction of sp³-hybridized carbons (Fsp3) is 0.875. The van der Waals surface area contributed by atoms with Gasteiger partial charge in [0, 0.05) is 20.6 Å². The minimum atomic E-state index is -1.16. The van der Waals surface area contributed by atoms with Crippen molar-refractivity contribution >= 4 is 5.91 Å². The van der Waals surface area contributed by atoms with Crippen LogP contribution in [-0.2, 0) is 4.79 Å². The molecule has 0 aromatic carbocycles. The molecule has 3 N–H and O–H groups in total. The van der Waals surface area contributed by atoms with Crippen LogP contribution in [0.25, 0.3) is 0 Å². The molecule has 0 radical (unpaired) electrons. The Kier molecular flexibility index (Phi) is 4.90. The van der Waals surface area contributed by atoms with Gasteiger partial charge < -0.3 is 20.4 Å². The average Bonchev–Trinajstić information content (AvgIpc) is 2.04. The summed E-state index contributed by atoms with van der Waals surface area (Å²) in [7, 11) is 3.32. The van der Waals surface area contributed by atoms with Crippen LogP contribution in [0.2, 0.25) is 0 Å². The minimum absolute atomic E-state index is 0.0614. The van der Waals surface area contributed by atoms with Crippen molar-refractivity contribution in [2.75, 3.05) is 33.8 Å². The lowest BCUT2D eigenvalue weighted by molar-refractivity contribution is -0.127. The molecule has 78 valence electrons. The molecular formula is C8H18N2O3. The zero-order valence-corrected chi connectivity index (χ0v) is 8.37. The van der Waals surface area contributed by atoms with E-state index in [4.69, 9.17) is 5.11 Å². The fourth-order valence-electron chi connectivity index (χ4n) is 0.653. The van der Waals surface area contributed by atoms with Crippen LogP contribution >= 0.6 is 0 Å². The van der Waals surface area contributed by atoms with E-state index in [2.05, 4.69) is 5.32 Å². The van der Waals surface area contributed by atoms with E-state index in [1.807, 2.05) is 0 Å². The van der Waals surface area contributed by atoms with Gasteiger partial charge in [0.15, 0.2) is 0 Å². The van der Waals surface area contributed by atoms with E-state index in [0.717, 1.165) is 0 Å². The molecule has 5 nitrogen and oxygen atoms in total. The molecule has 0 spiro atoms. The summed E-state index contributed by atoms with van der Waals surface area (Å²) in [5, 5.41) is 20.8. The van der Waals surface area contributed by atoms with Crippen LogP contribution in [0.3, 0.4) is 0 Å². The molecule has 0 aromatic rings. The van der Waals surface area contributed by atoms with Crippen LogP contribution in [0, 0.1) is 0 Å². The molecule has 1 unspecified atom stereocenters. The van der Waals surface area contributed by atoms with Gasteiger partial charge in [-0.3, -0.25) is 4.79 Å². The second-order valence-electron chi connectivity index (χ2n) is 3.55. The number of nitrogens with zero attached hydrogens (tertiary/aromatic N) is 1. The highest BCUT2D eigenvalue weighted by molar-refractivity contribution is 5.77. The van der Waals surface area contributed by atoms with E-state index >= 15 is 0 Å². The van der Waals surface area contributed by atoms with Crippen molar-refractivity contribution in [3.8, 4) is 0 Å². The first kappa shape index (κ1) is 12.3. The fourth-order valence-corrected chi connectivity index (χ4v) is 0.653. The van der Waals surface area contributed by atoms with Gasteiger partial charge in [0.1, 0.15) is 0 Å². The largest absolute Gasteiger partial charge is 0.393 e. The summed E-state index contributed by atoms with van der Waals surface area (Å²) < 4.78 is 0. The first-order valence-electron chi connectivity index (χ1n) is 4.13. The van der Waals surface area contributed by atoms with Crippen molar-refractivity contribution in [2.45, 2.75) is 12.5 Å². The van der Waals surface area contributed by atoms with Gasteiger partial charge in [-0.05, 0) is 6.92 Å². The second kappa shape index (κ2) is 5.16. The molecule has 5 heteroatoms. The molecule has 0 aliphatic rings. The minimum Gasteiger partial charge on any atom is -0.393 e. The monoisotopic (exact) mass is 190 g/mol. The van der Waals surface area contributed by atoms with Crippen molar-refractivity contribution < 1.29 is 15.0 Å². The van der Waals surface area contributed by atoms with Gasteiger partial charge in [-0.25, -0.2) is 0 Å². The molecular weight excluding hydrogens is 172 g/mol. The Morgan fingerprint density at radius 1 is 1.54 bits per heavy atom. The predicted octanol–water partition coefficient (Wildman–Crippen LogP) is -1.59. The summed E-state index contributed by atoms with van der Waals surface area (Å²) in [5.41, 5.74) is -1.16. The maximum absolute atomic E-state index is 11.0. The summed E-state index contributed by atoms with van der Waals surface area (Å²) in [5.74, 6) is -0.0614. The smallest absolute Gasteiger partial charge is 0.236 e. The Hall–Kier alpha value is -0.650. The van der Waals surface area contributed by atoms with Crippen molar-refractivity contribution in [2.24, 2.45) is 0 Å². The zero-order chi connectivity index (χ0) is 10.5. The molecule has 13 heavy (non-hydrogen) atoms. The molecule has 1 atom stereocenters. The average molecular weight is 190 g/mol. The zero-order valence-electron chi connectivity index (χ0n) is 8.37. The second-order valence-corrected chi connectivity index (χ2v) is 3.55. The number of carbonyl (C=O) groups excluding carboxylic acids is 1. The summed E-state index contributed by atoms with van der Waals surface area (Å²) in [4.78, 5) is 12.5. The Morgan fingerprint density at radius 2 is 2.08 bits per heavy atom. The third-order valence-corrected chi connectivity index (χ3v) is 1.62. The number of rotatable bonds is 5. The van der Waals surface area contributed by atoms with Crippen LogP contribution in [-0.4, -0.2) is 60.4 Å². The van der Waals surface area contributed by atoms with E-state index in [1.54, 1.807) is 14.1 Å². The molecule has 0 aliphatic carbocycles. The van der Waals surface area contributed by atoms with Crippen LogP contribution in [0.4, 0.5) is 0 Å². The van der Waals surface area contributed by atoms with Gasteiger partial charge in [0.05, 0.1) is 18.8 Å². The topological polar surface area (TPSA) is 72.8 Å². The van der Waals surface area contributed by atoms with Crippen LogP contribution in [0.15, 0.2) is 0 Å². The lowest BCUT2D eigenvalue weighted by Gasteiger charge is -2.21. The predicted molar refractivity (Wildman–Crippen MR) is 49.3 cm³/mol. The van der Waals surface area contributed by atoms with Gasteiger partial charge in [0.25, 0.3) is 0 Å². The van der Waals surface area contributed by atoms with Gasteiger partial charge in [-0.2, -0.15) is 0 Å². The Balaban J connectivity index is 3.62. The normalized spacial score (nSPS) is 15.2. The van der Waals surface area contributed by atoms with Gasteiger partial charge >= 0.3 is 0 Å². The number of amides is 1. The maximum atomic E-state index is 11.0. The summed E-state index contributed by atoms with van der Waals surface area (Å²) in [6.07, 6.45) is 0. The first-order chi connectivity index (χ1) is 5.89. The number of aliphatic hydroxyl groups excluding tert-OH is 1. The van der Waals surface area contributed by atoms with E-state index < -0.39 is 5.60 Å². The highest BCUT2D eigenvalue weighted by Gasteiger charge is 2.18. The quantitative estimate of drug-likeness (QED) is 0.488.